The summed E-state index contributed by atoms with van der Waals surface area (Å²) >= 11 is 0. The molecule has 2 aromatic heterocycles. The Kier molecular flexibility index (Phi) is 4.76. The highest BCUT2D eigenvalue weighted by Crippen LogP contribution is 2.38. The molecule has 0 atom stereocenters. The number of anilines is 1. The second-order valence-electron chi connectivity index (χ2n) is 8.22. The Bertz CT molecular complexity index is 932. The predicted molar refractivity (Wildman–Crippen MR) is 106 cm³/mol. The van der Waals surface area contributed by atoms with Crippen LogP contribution in [0.15, 0.2) is 22.9 Å². The maximum atomic E-state index is 13.0. The first-order valence-corrected chi connectivity index (χ1v) is 9.93. The molecule has 9 nitrogen and oxygen atoms in total. The van der Waals surface area contributed by atoms with E-state index in [1.54, 1.807) is 25.1 Å². The van der Waals surface area contributed by atoms with Gasteiger partial charge in [0.25, 0.3) is 11.8 Å². The van der Waals surface area contributed by atoms with Crippen molar-refractivity contribution in [2.75, 3.05) is 31.6 Å². The van der Waals surface area contributed by atoms with Gasteiger partial charge in [0.1, 0.15) is 11.4 Å². The summed E-state index contributed by atoms with van der Waals surface area (Å²) in [5.74, 6) is 2.04. The summed E-state index contributed by atoms with van der Waals surface area (Å²) in [7, 11) is 1.58. The van der Waals surface area contributed by atoms with E-state index in [0.29, 0.717) is 50.1 Å². The van der Waals surface area contributed by atoms with Crippen LogP contribution in [0.3, 0.4) is 0 Å². The summed E-state index contributed by atoms with van der Waals surface area (Å²) in [4.78, 5) is 39.6. The number of aromatic nitrogens is 3. The molecule has 0 bridgehead atoms. The molecule has 3 amide bonds. The van der Waals surface area contributed by atoms with Crippen LogP contribution in [0.1, 0.15) is 32.5 Å². The molecule has 0 saturated carbocycles. The van der Waals surface area contributed by atoms with Crippen molar-refractivity contribution in [1.82, 2.24) is 24.9 Å². The minimum atomic E-state index is -0.742. The molecule has 29 heavy (non-hydrogen) atoms. The number of aryl methyl sites for hydroxylation is 1. The van der Waals surface area contributed by atoms with E-state index in [2.05, 4.69) is 33.9 Å². The van der Waals surface area contributed by atoms with Crippen LogP contribution in [0.5, 0.6) is 0 Å². The lowest BCUT2D eigenvalue weighted by Crippen LogP contribution is -2.57. The summed E-state index contributed by atoms with van der Waals surface area (Å²) in [6.45, 7) is 7.76. The topological polar surface area (TPSA) is 95.7 Å². The lowest BCUT2D eigenvalue weighted by molar-refractivity contribution is -0.133. The van der Waals surface area contributed by atoms with Crippen LogP contribution in [0.2, 0.25) is 0 Å². The van der Waals surface area contributed by atoms with Gasteiger partial charge in [-0.15, -0.1) is 0 Å². The molecule has 0 unspecified atom stereocenters. The quantitative estimate of drug-likeness (QED) is 0.729. The SMILES string of the molecule is Cc1noc(-c2ccnc(N3CCC4(CC3)C(=O)N(C)C(=O)N4CC(C)C)c2)n1. The maximum absolute atomic E-state index is 13.0. The molecular formula is C20H26N6O3. The molecule has 154 valence electrons. The average molecular weight is 398 g/mol. The third-order valence-corrected chi connectivity index (χ3v) is 5.72. The summed E-state index contributed by atoms with van der Waals surface area (Å²) in [5.41, 5.74) is 0.0672. The zero-order chi connectivity index (χ0) is 20.8. The molecule has 2 aliphatic rings. The smallest absolute Gasteiger partial charge is 0.327 e. The normalized spacial score (nSPS) is 19.1. The Morgan fingerprint density at radius 2 is 1.97 bits per heavy atom. The van der Waals surface area contributed by atoms with Gasteiger partial charge < -0.3 is 14.3 Å². The number of imide groups is 1. The summed E-state index contributed by atoms with van der Waals surface area (Å²) in [6.07, 6.45) is 2.89. The summed E-state index contributed by atoms with van der Waals surface area (Å²) < 4.78 is 5.26. The second-order valence-corrected chi connectivity index (χ2v) is 8.22. The number of urea groups is 1. The average Bonchev–Trinajstić information content (AvgIpc) is 3.22. The van der Waals surface area contributed by atoms with Crippen LogP contribution < -0.4 is 4.90 Å². The molecule has 2 fully saturated rings. The van der Waals surface area contributed by atoms with Crippen molar-refractivity contribution < 1.29 is 14.1 Å². The van der Waals surface area contributed by atoms with Gasteiger partial charge in [-0.05, 0) is 37.8 Å². The molecule has 2 aromatic rings. The standard InChI is InChI=1S/C20H26N6O3/c1-13(2)12-26-19(28)24(4)18(27)20(26)6-9-25(10-7-20)16-11-15(5-8-21-16)17-22-14(3)23-29-17/h5,8,11,13H,6-7,9-10,12H2,1-4H3. The second kappa shape index (κ2) is 7.13. The molecule has 0 aliphatic carbocycles. The summed E-state index contributed by atoms with van der Waals surface area (Å²) in [5, 5.41) is 3.84. The largest absolute Gasteiger partial charge is 0.356 e. The molecule has 2 aliphatic heterocycles. The van der Waals surface area contributed by atoms with Crippen molar-refractivity contribution in [1.29, 1.82) is 0 Å². The fraction of sp³-hybridized carbons (Fsp3) is 0.550. The number of nitrogens with zero attached hydrogens (tertiary/aromatic N) is 6. The van der Waals surface area contributed by atoms with Gasteiger partial charge in [-0.2, -0.15) is 4.98 Å². The van der Waals surface area contributed by atoms with E-state index >= 15 is 0 Å². The number of carbonyl (C=O) groups excluding carboxylic acids is 2. The number of hydrogen-bond donors (Lipinski definition) is 0. The van der Waals surface area contributed by atoms with Crippen molar-refractivity contribution in [3.63, 3.8) is 0 Å². The van der Waals surface area contributed by atoms with E-state index < -0.39 is 5.54 Å². The molecule has 9 heteroatoms. The number of likely N-dealkylation sites (N-methyl/N-ethyl adjacent to an activating group) is 1. The van der Waals surface area contributed by atoms with Gasteiger partial charge in [0.15, 0.2) is 5.82 Å². The lowest BCUT2D eigenvalue weighted by atomic mass is 9.85. The molecule has 0 aromatic carbocycles. The van der Waals surface area contributed by atoms with Crippen molar-refractivity contribution >= 4 is 17.8 Å². The van der Waals surface area contributed by atoms with Gasteiger partial charge in [0.2, 0.25) is 0 Å². The zero-order valence-electron chi connectivity index (χ0n) is 17.3. The van der Waals surface area contributed by atoms with Gasteiger partial charge in [-0.3, -0.25) is 9.69 Å². The fourth-order valence-corrected chi connectivity index (χ4v) is 4.22. The molecule has 2 saturated heterocycles. The van der Waals surface area contributed by atoms with Gasteiger partial charge in [-0.1, -0.05) is 19.0 Å². The number of hydrogen-bond acceptors (Lipinski definition) is 7. The van der Waals surface area contributed by atoms with Crippen LogP contribution in [0, 0.1) is 12.8 Å². The van der Waals surface area contributed by atoms with Crippen molar-refractivity contribution in [2.24, 2.45) is 5.92 Å². The van der Waals surface area contributed by atoms with Crippen molar-refractivity contribution in [3.8, 4) is 11.5 Å². The Morgan fingerprint density at radius 1 is 1.24 bits per heavy atom. The van der Waals surface area contributed by atoms with Crippen LogP contribution in [-0.4, -0.2) is 69.1 Å². The van der Waals surface area contributed by atoms with E-state index in [-0.39, 0.29) is 11.9 Å². The summed E-state index contributed by atoms with van der Waals surface area (Å²) in [6, 6.07) is 3.56. The third kappa shape index (κ3) is 3.24. The maximum Gasteiger partial charge on any atom is 0.327 e. The van der Waals surface area contributed by atoms with E-state index in [1.807, 2.05) is 12.1 Å². The number of rotatable bonds is 4. The van der Waals surface area contributed by atoms with Gasteiger partial charge in [0, 0.05) is 38.4 Å². The van der Waals surface area contributed by atoms with E-state index in [1.165, 1.54) is 4.90 Å². The van der Waals surface area contributed by atoms with E-state index in [0.717, 1.165) is 11.4 Å². The third-order valence-electron chi connectivity index (χ3n) is 5.72. The first-order chi connectivity index (χ1) is 13.8. The molecule has 0 N–H and O–H groups in total. The van der Waals surface area contributed by atoms with Crippen LogP contribution in [0.25, 0.3) is 11.5 Å². The first kappa shape index (κ1) is 19.4. The fourth-order valence-electron chi connectivity index (χ4n) is 4.22. The van der Waals surface area contributed by atoms with Gasteiger partial charge in [0.05, 0.1) is 0 Å². The molecule has 1 spiro atoms. The Hall–Kier alpha value is -2.97. The molecular weight excluding hydrogens is 372 g/mol. The Labute approximate surface area is 169 Å². The van der Waals surface area contributed by atoms with Gasteiger partial charge >= 0.3 is 6.03 Å². The number of piperidine rings is 1. The number of pyridine rings is 1. The minimum absolute atomic E-state index is 0.0918. The minimum Gasteiger partial charge on any atom is -0.356 e. The van der Waals surface area contributed by atoms with Crippen LogP contribution in [-0.2, 0) is 4.79 Å². The van der Waals surface area contributed by atoms with Crippen molar-refractivity contribution in [3.05, 3.63) is 24.2 Å². The highest BCUT2D eigenvalue weighted by atomic mass is 16.5. The van der Waals surface area contributed by atoms with E-state index in [4.69, 9.17) is 4.52 Å². The molecule has 0 radical (unpaired) electrons. The lowest BCUT2D eigenvalue weighted by Gasteiger charge is -2.43. The Morgan fingerprint density at radius 3 is 2.59 bits per heavy atom. The number of carbonyl (C=O) groups is 2. The predicted octanol–water partition coefficient (Wildman–Crippen LogP) is 2.33. The van der Waals surface area contributed by atoms with E-state index in [9.17, 15) is 9.59 Å². The highest BCUT2D eigenvalue weighted by molar-refractivity contribution is 6.07. The first-order valence-electron chi connectivity index (χ1n) is 9.93. The monoisotopic (exact) mass is 398 g/mol. The van der Waals surface area contributed by atoms with Crippen LogP contribution in [0.4, 0.5) is 10.6 Å². The molecule has 4 rings (SSSR count). The zero-order valence-corrected chi connectivity index (χ0v) is 17.3. The van der Waals surface area contributed by atoms with Crippen molar-refractivity contribution in [2.45, 2.75) is 39.2 Å². The van der Waals surface area contributed by atoms with Crippen LogP contribution >= 0.6 is 0 Å². The molecule has 4 heterocycles. The highest BCUT2D eigenvalue weighted by Gasteiger charge is 2.56. The number of amides is 3. The Balaban J connectivity index is 1.54. The van der Waals surface area contributed by atoms with Gasteiger partial charge in [-0.25, -0.2) is 9.78 Å².